The second-order valence-electron chi connectivity index (χ2n) is 8.47. The van der Waals surface area contributed by atoms with Crippen LogP contribution in [0, 0.1) is 11.3 Å². The van der Waals surface area contributed by atoms with E-state index in [0.29, 0.717) is 45.0 Å². The van der Waals surface area contributed by atoms with Crippen molar-refractivity contribution in [3.63, 3.8) is 0 Å². The van der Waals surface area contributed by atoms with E-state index in [0.717, 1.165) is 10.2 Å². The molecule has 0 aliphatic rings. The third-order valence-electron chi connectivity index (χ3n) is 4.86. The van der Waals surface area contributed by atoms with Crippen LogP contribution in [-0.2, 0) is 12.5 Å². The minimum Gasteiger partial charge on any atom is -0.382 e. The van der Waals surface area contributed by atoms with E-state index in [1.807, 2.05) is 52.0 Å². The van der Waals surface area contributed by atoms with Gasteiger partial charge in [-0.3, -0.25) is 4.68 Å². The first-order chi connectivity index (χ1) is 15.1. The quantitative estimate of drug-likeness (QED) is 0.420. The van der Waals surface area contributed by atoms with Gasteiger partial charge < -0.3 is 5.73 Å². The van der Waals surface area contributed by atoms with Gasteiger partial charge >= 0.3 is 0 Å². The van der Waals surface area contributed by atoms with Gasteiger partial charge in [-0.2, -0.15) is 20.1 Å². The second-order valence-corrected chi connectivity index (χ2v) is 9.48. The van der Waals surface area contributed by atoms with E-state index >= 15 is 0 Å². The lowest BCUT2D eigenvalue weighted by atomic mass is 9.90. The summed E-state index contributed by atoms with van der Waals surface area (Å²) >= 11 is 1.47. The monoisotopic (exact) mass is 445 g/mol. The largest absolute Gasteiger partial charge is 0.382 e. The summed E-state index contributed by atoms with van der Waals surface area (Å²) in [5, 5.41) is 28.5. The molecule has 0 unspecified atom stereocenters. The lowest BCUT2D eigenvalue weighted by molar-refractivity contribution is 0.559. The Kier molecular flexibility index (Phi) is 5.14. The van der Waals surface area contributed by atoms with E-state index in [1.165, 1.54) is 16.0 Å². The van der Waals surface area contributed by atoms with Gasteiger partial charge in [0.2, 0.25) is 5.13 Å². The molecule has 162 valence electrons. The van der Waals surface area contributed by atoms with Gasteiger partial charge in [0.25, 0.3) is 0 Å². The van der Waals surface area contributed by atoms with Crippen LogP contribution in [0.15, 0.2) is 41.1 Å². The van der Waals surface area contributed by atoms with Crippen LogP contribution < -0.4 is 5.73 Å². The summed E-state index contributed by atoms with van der Waals surface area (Å²) in [6.07, 6.45) is 0. The maximum atomic E-state index is 9.98. The van der Waals surface area contributed by atoms with Gasteiger partial charge in [0.05, 0.1) is 15.9 Å². The highest BCUT2D eigenvalue weighted by atomic mass is 32.1. The average Bonchev–Trinajstić information content (AvgIpc) is 3.40. The SMILES string of the molecule is C=C(C)c1nn(C)c(N)c1N=Nc1c(C#N)c(C(C)(C)C)nn1-c1nc2ccccc2s1. The van der Waals surface area contributed by atoms with Crippen molar-refractivity contribution in [1.29, 1.82) is 5.26 Å². The standard InChI is InChI=1S/C22H23N9S/c1-12(2)16-17(19(24)30(6)28-16)26-27-20-13(11-23)18(22(3,4)5)29-31(20)21-25-14-9-7-8-10-15(14)32-21/h7-10H,1,24H2,2-6H3. The van der Waals surface area contributed by atoms with Crippen molar-refractivity contribution in [3.05, 3.63) is 47.8 Å². The minimum absolute atomic E-state index is 0.299. The number of hydrogen-bond donors (Lipinski definition) is 1. The Morgan fingerprint density at radius 3 is 2.56 bits per heavy atom. The number of benzene rings is 1. The fourth-order valence-electron chi connectivity index (χ4n) is 3.22. The number of fused-ring (bicyclic) bond motifs is 1. The van der Waals surface area contributed by atoms with Crippen molar-refractivity contribution in [2.45, 2.75) is 33.1 Å². The van der Waals surface area contributed by atoms with Crippen molar-refractivity contribution in [1.82, 2.24) is 24.5 Å². The van der Waals surface area contributed by atoms with E-state index in [-0.39, 0.29) is 5.41 Å². The van der Waals surface area contributed by atoms with Gasteiger partial charge in [-0.1, -0.05) is 50.8 Å². The van der Waals surface area contributed by atoms with Crippen LogP contribution in [0.25, 0.3) is 20.9 Å². The van der Waals surface area contributed by atoms with Crippen molar-refractivity contribution in [2.75, 3.05) is 5.73 Å². The lowest BCUT2D eigenvalue weighted by Gasteiger charge is -2.14. The van der Waals surface area contributed by atoms with E-state index in [1.54, 1.807) is 11.7 Å². The molecule has 0 saturated carbocycles. The van der Waals surface area contributed by atoms with Gasteiger partial charge in [0.1, 0.15) is 23.1 Å². The smallest absolute Gasteiger partial charge is 0.213 e. The second kappa shape index (κ2) is 7.69. The number of nitriles is 1. The zero-order valence-corrected chi connectivity index (χ0v) is 19.4. The summed E-state index contributed by atoms with van der Waals surface area (Å²) in [4.78, 5) is 4.69. The first kappa shape index (κ1) is 21.4. The first-order valence-corrected chi connectivity index (χ1v) is 10.7. The number of aryl methyl sites for hydroxylation is 1. The van der Waals surface area contributed by atoms with E-state index in [9.17, 15) is 5.26 Å². The van der Waals surface area contributed by atoms with Gasteiger partial charge in [-0.25, -0.2) is 4.98 Å². The van der Waals surface area contributed by atoms with Crippen molar-refractivity contribution >= 4 is 44.4 Å². The molecule has 4 aromatic rings. The molecule has 0 radical (unpaired) electrons. The summed E-state index contributed by atoms with van der Waals surface area (Å²) in [7, 11) is 1.73. The van der Waals surface area contributed by atoms with Gasteiger partial charge in [-0.15, -0.1) is 10.2 Å². The molecule has 2 N–H and O–H groups in total. The average molecular weight is 446 g/mol. The molecule has 10 heteroatoms. The first-order valence-electron chi connectivity index (χ1n) is 9.91. The lowest BCUT2D eigenvalue weighted by Crippen LogP contribution is -2.14. The zero-order chi connectivity index (χ0) is 23.2. The van der Waals surface area contributed by atoms with Crippen LogP contribution in [0.1, 0.15) is 44.6 Å². The Labute approximate surface area is 189 Å². The number of rotatable bonds is 4. The van der Waals surface area contributed by atoms with Crippen LogP contribution in [0.2, 0.25) is 0 Å². The summed E-state index contributed by atoms with van der Waals surface area (Å²) in [6, 6.07) is 10.1. The summed E-state index contributed by atoms with van der Waals surface area (Å²) < 4.78 is 4.12. The zero-order valence-electron chi connectivity index (χ0n) is 18.6. The molecule has 0 fully saturated rings. The number of allylic oxidation sites excluding steroid dienone is 1. The van der Waals surface area contributed by atoms with Crippen molar-refractivity contribution in [3.8, 4) is 11.2 Å². The normalized spacial score (nSPS) is 12.0. The molecule has 32 heavy (non-hydrogen) atoms. The summed E-state index contributed by atoms with van der Waals surface area (Å²) in [6.45, 7) is 11.8. The Morgan fingerprint density at radius 1 is 1.22 bits per heavy atom. The molecular weight excluding hydrogens is 422 g/mol. The fraction of sp³-hybridized carbons (Fsp3) is 0.273. The molecular formula is C22H23N9S. The molecule has 0 aliphatic carbocycles. The van der Waals surface area contributed by atoms with Gasteiger partial charge in [0.15, 0.2) is 11.5 Å². The molecule has 9 nitrogen and oxygen atoms in total. The Bertz CT molecular complexity index is 1390. The number of anilines is 1. The van der Waals surface area contributed by atoms with Gasteiger partial charge in [0, 0.05) is 12.5 Å². The number of nitrogens with two attached hydrogens (primary N) is 1. The van der Waals surface area contributed by atoms with Crippen LogP contribution in [-0.4, -0.2) is 24.5 Å². The number of thiazole rings is 1. The van der Waals surface area contributed by atoms with Crippen molar-refractivity contribution < 1.29 is 0 Å². The topological polar surface area (TPSA) is 123 Å². The predicted octanol–water partition coefficient (Wildman–Crippen LogP) is 5.42. The van der Waals surface area contributed by atoms with Crippen LogP contribution in [0.4, 0.5) is 17.3 Å². The molecule has 0 aliphatic heterocycles. The molecule has 0 amide bonds. The molecule has 0 saturated heterocycles. The van der Waals surface area contributed by atoms with Gasteiger partial charge in [-0.05, 0) is 24.6 Å². The Hall–Kier alpha value is -3.84. The van der Waals surface area contributed by atoms with E-state index in [2.05, 4.69) is 33.0 Å². The number of nitrogen functional groups attached to an aromatic ring is 1. The third-order valence-corrected chi connectivity index (χ3v) is 5.87. The van der Waals surface area contributed by atoms with Crippen molar-refractivity contribution in [2.24, 2.45) is 17.3 Å². The Balaban J connectivity index is 1.95. The fourth-order valence-corrected chi connectivity index (χ4v) is 4.14. The molecule has 0 bridgehead atoms. The number of para-hydroxylation sites is 1. The third kappa shape index (κ3) is 3.56. The van der Waals surface area contributed by atoms with E-state index < -0.39 is 0 Å². The molecule has 4 rings (SSSR count). The molecule has 3 heterocycles. The van der Waals surface area contributed by atoms with Crippen LogP contribution in [0.3, 0.4) is 0 Å². The highest BCUT2D eigenvalue weighted by Gasteiger charge is 2.29. The molecule has 0 atom stereocenters. The molecule has 1 aromatic carbocycles. The highest BCUT2D eigenvalue weighted by Crippen LogP contribution is 2.37. The number of azo groups is 1. The number of nitrogens with zero attached hydrogens (tertiary/aromatic N) is 8. The molecule has 3 aromatic heterocycles. The number of hydrogen-bond acceptors (Lipinski definition) is 8. The minimum atomic E-state index is -0.381. The Morgan fingerprint density at radius 2 is 1.94 bits per heavy atom. The predicted molar refractivity (Wildman–Crippen MR) is 127 cm³/mol. The van der Waals surface area contributed by atoms with Crippen LogP contribution in [0.5, 0.6) is 0 Å². The maximum Gasteiger partial charge on any atom is 0.213 e. The van der Waals surface area contributed by atoms with E-state index in [4.69, 9.17) is 10.8 Å². The summed E-state index contributed by atoms with van der Waals surface area (Å²) in [5.74, 6) is 0.653. The summed E-state index contributed by atoms with van der Waals surface area (Å²) in [5.41, 5.74) is 9.25. The maximum absolute atomic E-state index is 9.98. The molecule has 0 spiro atoms. The van der Waals surface area contributed by atoms with Crippen LogP contribution >= 0.6 is 11.3 Å². The number of aromatic nitrogens is 5. The highest BCUT2D eigenvalue weighted by molar-refractivity contribution is 7.20.